The number of ether oxygens (including phenoxy) is 1. The van der Waals surface area contributed by atoms with E-state index in [1.54, 1.807) is 12.0 Å². The highest BCUT2D eigenvalue weighted by molar-refractivity contribution is 9.10. The highest BCUT2D eigenvalue weighted by atomic mass is 79.9. The Morgan fingerprint density at radius 3 is 2.16 bits per heavy atom. The topological polar surface area (TPSA) is 45.1 Å². The van der Waals surface area contributed by atoms with Crippen LogP contribution in [0.15, 0.2) is 88.0 Å². The van der Waals surface area contributed by atoms with Crippen molar-refractivity contribution in [2.75, 3.05) is 31.0 Å². The molecular weight excluding hydrogens is 454 g/mol. The Kier molecular flexibility index (Phi) is 5.91. The molecule has 156 valence electrons. The van der Waals surface area contributed by atoms with Crippen LogP contribution in [0.4, 0.5) is 11.4 Å². The van der Waals surface area contributed by atoms with Crippen LogP contribution in [0.5, 0.6) is 5.75 Å². The molecule has 0 saturated heterocycles. The molecule has 6 heteroatoms. The van der Waals surface area contributed by atoms with Gasteiger partial charge < -0.3 is 9.64 Å². The van der Waals surface area contributed by atoms with Gasteiger partial charge in [0.1, 0.15) is 17.3 Å². The lowest BCUT2D eigenvalue weighted by Gasteiger charge is -2.19. The molecule has 1 aliphatic rings. The van der Waals surface area contributed by atoms with Crippen LogP contribution in [-0.2, 0) is 4.79 Å². The Bertz CT molecular complexity index is 1150. The molecule has 0 unspecified atom stereocenters. The average Bonchev–Trinajstić information content (AvgIpc) is 3.10. The lowest BCUT2D eigenvalue weighted by molar-refractivity contribution is -0.113. The van der Waals surface area contributed by atoms with Gasteiger partial charge >= 0.3 is 0 Å². The number of carbonyl (C=O) groups excluding carboxylic acids is 1. The Hall–Kier alpha value is -3.38. The zero-order valence-electron chi connectivity index (χ0n) is 17.5. The molecule has 5 nitrogen and oxygen atoms in total. The summed E-state index contributed by atoms with van der Waals surface area (Å²) >= 11 is 3.46. The minimum Gasteiger partial charge on any atom is -0.497 e. The van der Waals surface area contributed by atoms with Gasteiger partial charge in [-0.15, -0.1) is 0 Å². The monoisotopic (exact) mass is 475 g/mol. The van der Waals surface area contributed by atoms with Crippen molar-refractivity contribution in [2.45, 2.75) is 0 Å². The molecule has 0 N–H and O–H groups in total. The van der Waals surface area contributed by atoms with Gasteiger partial charge in [0, 0.05) is 29.8 Å². The molecule has 0 atom stereocenters. The fraction of sp³-hybridized carbons (Fsp3) is 0.120. The fourth-order valence-electron chi connectivity index (χ4n) is 3.31. The molecular formula is C25H22BrN3O2. The lowest BCUT2D eigenvalue weighted by Crippen LogP contribution is -2.32. The Labute approximate surface area is 190 Å². The molecule has 1 amide bonds. The maximum Gasteiger partial charge on any atom is 0.282 e. The van der Waals surface area contributed by atoms with Crippen LogP contribution in [0.1, 0.15) is 11.1 Å². The van der Waals surface area contributed by atoms with Crippen molar-refractivity contribution in [1.29, 1.82) is 0 Å². The van der Waals surface area contributed by atoms with Gasteiger partial charge in [0.2, 0.25) is 0 Å². The van der Waals surface area contributed by atoms with Gasteiger partial charge in [-0.05, 0) is 60.2 Å². The van der Waals surface area contributed by atoms with Crippen molar-refractivity contribution in [3.05, 3.63) is 94.1 Å². The van der Waals surface area contributed by atoms with E-state index in [-0.39, 0.29) is 5.91 Å². The average molecular weight is 476 g/mol. The first-order valence-corrected chi connectivity index (χ1v) is 10.6. The van der Waals surface area contributed by atoms with Crippen molar-refractivity contribution in [3.63, 3.8) is 0 Å². The van der Waals surface area contributed by atoms with Crippen molar-refractivity contribution in [1.82, 2.24) is 0 Å². The number of amidine groups is 1. The van der Waals surface area contributed by atoms with Gasteiger partial charge in [-0.1, -0.05) is 40.2 Å². The van der Waals surface area contributed by atoms with E-state index in [1.165, 1.54) is 0 Å². The van der Waals surface area contributed by atoms with Crippen LogP contribution < -0.4 is 14.5 Å². The van der Waals surface area contributed by atoms with E-state index in [0.29, 0.717) is 11.5 Å². The summed E-state index contributed by atoms with van der Waals surface area (Å²) in [4.78, 5) is 21.8. The highest BCUT2D eigenvalue weighted by Crippen LogP contribution is 2.30. The predicted octanol–water partition coefficient (Wildman–Crippen LogP) is 5.36. The third-order valence-electron chi connectivity index (χ3n) is 5.01. The molecule has 3 aromatic carbocycles. The van der Waals surface area contributed by atoms with Gasteiger partial charge in [0.25, 0.3) is 5.91 Å². The highest BCUT2D eigenvalue weighted by Gasteiger charge is 2.32. The van der Waals surface area contributed by atoms with Crippen molar-refractivity contribution in [3.8, 4) is 5.75 Å². The largest absolute Gasteiger partial charge is 0.497 e. The minimum atomic E-state index is -0.167. The molecule has 0 fully saturated rings. The third-order valence-corrected chi connectivity index (χ3v) is 5.53. The molecule has 0 saturated carbocycles. The van der Waals surface area contributed by atoms with Crippen molar-refractivity contribution >= 4 is 45.1 Å². The van der Waals surface area contributed by atoms with E-state index in [9.17, 15) is 4.79 Å². The van der Waals surface area contributed by atoms with Crippen LogP contribution in [-0.4, -0.2) is 32.9 Å². The maximum atomic E-state index is 13.4. The van der Waals surface area contributed by atoms with Crippen LogP contribution in [0.3, 0.4) is 0 Å². The summed E-state index contributed by atoms with van der Waals surface area (Å²) in [6, 6.07) is 23.2. The second kappa shape index (κ2) is 8.78. The first-order valence-electron chi connectivity index (χ1n) is 9.78. The number of hydrogen-bond donors (Lipinski definition) is 0. The smallest absolute Gasteiger partial charge is 0.282 e. The van der Waals surface area contributed by atoms with E-state index in [1.807, 2.05) is 97.9 Å². The number of rotatable bonds is 5. The van der Waals surface area contributed by atoms with E-state index in [2.05, 4.69) is 15.9 Å². The van der Waals surface area contributed by atoms with Crippen molar-refractivity contribution < 1.29 is 9.53 Å². The summed E-state index contributed by atoms with van der Waals surface area (Å²) in [5.74, 6) is 1.16. The summed E-state index contributed by atoms with van der Waals surface area (Å²) in [6.45, 7) is 0. The Balaban J connectivity index is 1.76. The van der Waals surface area contributed by atoms with E-state index < -0.39 is 0 Å². The van der Waals surface area contributed by atoms with Crippen LogP contribution in [0.25, 0.3) is 6.08 Å². The van der Waals surface area contributed by atoms with Gasteiger partial charge in [-0.25, -0.2) is 4.99 Å². The van der Waals surface area contributed by atoms with Gasteiger partial charge in [0.15, 0.2) is 0 Å². The molecule has 4 rings (SSSR count). The quantitative estimate of drug-likeness (QED) is 0.466. The number of hydrogen-bond acceptors (Lipinski definition) is 4. The SMILES string of the molecule is COc1ccc(N2C(=O)/C(=C\c3ccc(N(C)C)cc3)N=C2c2ccc(Br)cc2)cc1. The van der Waals surface area contributed by atoms with E-state index >= 15 is 0 Å². The number of benzene rings is 3. The number of amides is 1. The number of methoxy groups -OCH3 is 1. The zero-order chi connectivity index (χ0) is 22.0. The molecule has 0 aromatic heterocycles. The standard InChI is InChI=1S/C25H22BrN3O2/c1-28(2)20-10-4-17(5-11-20)16-23-25(30)29(21-12-14-22(31-3)15-13-21)24(27-23)18-6-8-19(26)9-7-18/h4-16H,1-3H3/b23-16+. The molecule has 1 heterocycles. The molecule has 0 bridgehead atoms. The molecule has 0 aliphatic carbocycles. The number of carbonyl (C=O) groups is 1. The summed E-state index contributed by atoms with van der Waals surface area (Å²) in [5, 5.41) is 0. The first-order chi connectivity index (χ1) is 15.0. The van der Waals surface area contributed by atoms with Crippen LogP contribution in [0.2, 0.25) is 0 Å². The zero-order valence-corrected chi connectivity index (χ0v) is 19.1. The number of nitrogens with zero attached hydrogens (tertiary/aromatic N) is 3. The normalized spacial score (nSPS) is 14.7. The molecule has 31 heavy (non-hydrogen) atoms. The summed E-state index contributed by atoms with van der Waals surface area (Å²) < 4.78 is 6.22. The number of anilines is 2. The maximum absolute atomic E-state index is 13.4. The Morgan fingerprint density at radius 1 is 0.935 bits per heavy atom. The summed E-state index contributed by atoms with van der Waals surface area (Å²) in [6.07, 6.45) is 1.82. The van der Waals surface area contributed by atoms with Gasteiger partial charge in [-0.2, -0.15) is 0 Å². The molecule has 1 aliphatic heterocycles. The molecule has 3 aromatic rings. The van der Waals surface area contributed by atoms with Crippen molar-refractivity contribution in [2.24, 2.45) is 4.99 Å². The van der Waals surface area contributed by atoms with Crippen LogP contribution in [0, 0.1) is 0 Å². The molecule has 0 spiro atoms. The van der Waals surface area contributed by atoms with Gasteiger partial charge in [-0.3, -0.25) is 9.69 Å². The summed E-state index contributed by atoms with van der Waals surface area (Å²) in [5.41, 5.74) is 4.01. The van der Waals surface area contributed by atoms with Crippen LogP contribution >= 0.6 is 15.9 Å². The third kappa shape index (κ3) is 4.39. The predicted molar refractivity (Wildman–Crippen MR) is 130 cm³/mol. The second-order valence-electron chi connectivity index (χ2n) is 7.30. The first kappa shape index (κ1) is 20.9. The summed E-state index contributed by atoms with van der Waals surface area (Å²) in [7, 11) is 5.61. The Morgan fingerprint density at radius 2 is 1.58 bits per heavy atom. The lowest BCUT2D eigenvalue weighted by atomic mass is 10.1. The number of halogens is 1. The molecule has 0 radical (unpaired) electrons. The van der Waals surface area contributed by atoms with Gasteiger partial charge in [0.05, 0.1) is 12.8 Å². The number of aliphatic imine (C=N–C) groups is 1. The van der Waals surface area contributed by atoms with E-state index in [4.69, 9.17) is 9.73 Å². The second-order valence-corrected chi connectivity index (χ2v) is 8.21. The van der Waals surface area contributed by atoms with E-state index in [0.717, 1.165) is 32.7 Å². The minimum absolute atomic E-state index is 0.167. The fourth-order valence-corrected chi connectivity index (χ4v) is 3.57.